The predicted octanol–water partition coefficient (Wildman–Crippen LogP) is 1.70. The van der Waals surface area contributed by atoms with Crippen molar-refractivity contribution in [3.8, 4) is 0 Å². The number of pyridine rings is 1. The lowest BCUT2D eigenvalue weighted by Gasteiger charge is -2.27. The van der Waals surface area contributed by atoms with Crippen molar-refractivity contribution in [3.05, 3.63) is 47.2 Å². The molecule has 1 fully saturated rings. The Labute approximate surface area is 165 Å². The molecule has 0 unspecified atom stereocenters. The molecule has 150 valence electrons. The van der Waals surface area contributed by atoms with E-state index in [0.29, 0.717) is 24.5 Å². The minimum Gasteiger partial charge on any atom is -0.378 e. The first-order valence-corrected chi connectivity index (χ1v) is 10.4. The molecule has 0 spiro atoms. The van der Waals surface area contributed by atoms with Crippen LogP contribution in [0, 0.1) is 13.8 Å². The molecule has 8 nitrogen and oxygen atoms in total. The third kappa shape index (κ3) is 4.32. The molecule has 2 aromatic rings. The molecule has 9 heteroatoms. The van der Waals surface area contributed by atoms with E-state index >= 15 is 0 Å². The average Bonchev–Trinajstić information content (AvgIpc) is 2.71. The van der Waals surface area contributed by atoms with Gasteiger partial charge in [-0.2, -0.15) is 0 Å². The summed E-state index contributed by atoms with van der Waals surface area (Å²) < 4.78 is 32.1. The molecule has 1 aliphatic rings. The van der Waals surface area contributed by atoms with E-state index in [-0.39, 0.29) is 10.5 Å². The van der Waals surface area contributed by atoms with Crippen molar-refractivity contribution in [1.29, 1.82) is 0 Å². The zero-order chi connectivity index (χ0) is 20.3. The van der Waals surface area contributed by atoms with Gasteiger partial charge in [-0.3, -0.25) is 4.79 Å². The number of sulfonamides is 1. The van der Waals surface area contributed by atoms with Crippen molar-refractivity contribution in [2.45, 2.75) is 18.7 Å². The van der Waals surface area contributed by atoms with Crippen LogP contribution >= 0.6 is 0 Å². The van der Waals surface area contributed by atoms with E-state index in [1.165, 1.54) is 13.1 Å². The molecule has 0 saturated carbocycles. The zero-order valence-corrected chi connectivity index (χ0v) is 17.0. The number of carbonyl (C=O) groups excluding carboxylic acids is 1. The van der Waals surface area contributed by atoms with Crippen molar-refractivity contribution >= 4 is 27.4 Å². The number of anilines is 2. The highest BCUT2D eigenvalue weighted by molar-refractivity contribution is 7.89. The topological polar surface area (TPSA) is 101 Å². The van der Waals surface area contributed by atoms with E-state index in [2.05, 4.69) is 19.9 Å². The molecule has 1 aromatic carbocycles. The monoisotopic (exact) mass is 404 g/mol. The number of nitrogens with one attached hydrogen (secondary N) is 2. The molecule has 2 N–H and O–H groups in total. The van der Waals surface area contributed by atoms with Gasteiger partial charge in [-0.25, -0.2) is 18.1 Å². The van der Waals surface area contributed by atoms with Gasteiger partial charge in [0.15, 0.2) is 0 Å². The van der Waals surface area contributed by atoms with Gasteiger partial charge in [0.05, 0.1) is 30.0 Å². The van der Waals surface area contributed by atoms with Gasteiger partial charge in [-0.05, 0) is 56.3 Å². The van der Waals surface area contributed by atoms with Crippen LogP contribution in [0.25, 0.3) is 0 Å². The zero-order valence-electron chi connectivity index (χ0n) is 16.2. The first-order valence-electron chi connectivity index (χ1n) is 8.96. The van der Waals surface area contributed by atoms with Gasteiger partial charge in [0, 0.05) is 18.7 Å². The fraction of sp³-hybridized carbons (Fsp3) is 0.368. The van der Waals surface area contributed by atoms with Crippen LogP contribution in [0.3, 0.4) is 0 Å². The molecule has 28 heavy (non-hydrogen) atoms. The fourth-order valence-electron chi connectivity index (χ4n) is 2.99. The van der Waals surface area contributed by atoms with Gasteiger partial charge >= 0.3 is 0 Å². The Kier molecular flexibility index (Phi) is 5.97. The van der Waals surface area contributed by atoms with Crippen LogP contribution in [0.5, 0.6) is 0 Å². The van der Waals surface area contributed by atoms with Crippen molar-refractivity contribution in [1.82, 2.24) is 9.71 Å². The summed E-state index contributed by atoms with van der Waals surface area (Å²) in [6.07, 6.45) is 1.59. The molecule has 2 heterocycles. The number of aromatic nitrogens is 1. The van der Waals surface area contributed by atoms with Crippen LogP contribution in [0.1, 0.15) is 21.5 Å². The molecular weight excluding hydrogens is 380 g/mol. The number of hydrogen-bond acceptors (Lipinski definition) is 6. The number of benzene rings is 1. The van der Waals surface area contributed by atoms with Crippen molar-refractivity contribution in [2.24, 2.45) is 0 Å². The highest BCUT2D eigenvalue weighted by Gasteiger charge is 2.20. The second kappa shape index (κ2) is 8.26. The van der Waals surface area contributed by atoms with E-state index in [9.17, 15) is 13.2 Å². The Morgan fingerprint density at radius 1 is 1.18 bits per heavy atom. The highest BCUT2D eigenvalue weighted by Crippen LogP contribution is 2.22. The van der Waals surface area contributed by atoms with Gasteiger partial charge in [-0.15, -0.1) is 0 Å². The minimum atomic E-state index is -3.66. The Morgan fingerprint density at radius 3 is 2.50 bits per heavy atom. The lowest BCUT2D eigenvalue weighted by molar-refractivity contribution is 0.102. The second-order valence-electron chi connectivity index (χ2n) is 6.58. The van der Waals surface area contributed by atoms with E-state index in [1.54, 1.807) is 32.2 Å². The molecular formula is C19H24N4O4S. The Balaban J connectivity index is 1.79. The summed E-state index contributed by atoms with van der Waals surface area (Å²) >= 11 is 0. The maximum Gasteiger partial charge on any atom is 0.255 e. The summed E-state index contributed by atoms with van der Waals surface area (Å²) in [5.41, 5.74) is 2.15. The molecule has 0 radical (unpaired) electrons. The molecule has 0 bridgehead atoms. The maximum atomic E-state index is 12.7. The summed E-state index contributed by atoms with van der Waals surface area (Å²) in [5.74, 6) is 0.437. The fourth-order valence-corrected chi connectivity index (χ4v) is 4.06. The van der Waals surface area contributed by atoms with Crippen LogP contribution in [-0.2, 0) is 14.8 Å². The van der Waals surface area contributed by atoms with E-state index < -0.39 is 15.9 Å². The van der Waals surface area contributed by atoms with E-state index in [0.717, 1.165) is 24.5 Å². The third-order valence-corrected chi connectivity index (χ3v) is 6.32. The number of aryl methyl sites for hydroxylation is 1. The summed E-state index contributed by atoms with van der Waals surface area (Å²) in [6, 6.07) is 6.69. The van der Waals surface area contributed by atoms with Gasteiger partial charge in [-0.1, -0.05) is 0 Å². The molecule has 0 atom stereocenters. The number of amides is 1. The van der Waals surface area contributed by atoms with Crippen LogP contribution in [0.2, 0.25) is 0 Å². The van der Waals surface area contributed by atoms with Crippen LogP contribution < -0.4 is 14.9 Å². The lowest BCUT2D eigenvalue weighted by Crippen LogP contribution is -2.36. The highest BCUT2D eigenvalue weighted by atomic mass is 32.2. The molecule has 1 aliphatic heterocycles. The number of rotatable bonds is 5. The van der Waals surface area contributed by atoms with Gasteiger partial charge in [0.25, 0.3) is 5.91 Å². The minimum absolute atomic E-state index is 0.0981. The summed E-state index contributed by atoms with van der Waals surface area (Å²) in [6.45, 7) is 6.40. The number of nitrogens with zero attached hydrogens (tertiary/aromatic N) is 2. The number of ether oxygens (including phenoxy) is 1. The Bertz CT molecular complexity index is 968. The van der Waals surface area contributed by atoms with Crippen LogP contribution in [-0.4, -0.2) is 52.7 Å². The number of morpholine rings is 1. The molecule has 0 aliphatic carbocycles. The molecule has 1 amide bonds. The standard InChI is InChI=1S/C19H24N4O4S/c1-13-10-15(11-17(14(13)2)28(25,26)20-3)19(24)22-16-4-5-18(21-12-16)23-6-8-27-9-7-23/h4-5,10-12,20H,6-9H2,1-3H3,(H,22,24). The largest absolute Gasteiger partial charge is 0.378 e. The van der Waals surface area contributed by atoms with Crippen molar-refractivity contribution in [2.75, 3.05) is 43.6 Å². The summed E-state index contributed by atoms with van der Waals surface area (Å²) in [4.78, 5) is 19.3. The first-order chi connectivity index (χ1) is 13.3. The Morgan fingerprint density at radius 2 is 1.89 bits per heavy atom. The van der Waals surface area contributed by atoms with Crippen LogP contribution in [0.4, 0.5) is 11.5 Å². The van der Waals surface area contributed by atoms with E-state index in [1.807, 2.05) is 6.07 Å². The second-order valence-corrected chi connectivity index (χ2v) is 8.44. The lowest BCUT2D eigenvalue weighted by atomic mass is 10.1. The van der Waals surface area contributed by atoms with Gasteiger partial charge < -0.3 is 15.0 Å². The number of hydrogen-bond donors (Lipinski definition) is 2. The quantitative estimate of drug-likeness (QED) is 0.787. The summed E-state index contributed by atoms with van der Waals surface area (Å²) in [7, 11) is -2.31. The normalized spacial score (nSPS) is 14.8. The third-order valence-electron chi connectivity index (χ3n) is 4.78. The van der Waals surface area contributed by atoms with E-state index in [4.69, 9.17) is 4.74 Å². The molecule has 1 saturated heterocycles. The first kappa shape index (κ1) is 20.2. The van der Waals surface area contributed by atoms with Crippen LogP contribution in [0.15, 0.2) is 35.4 Å². The van der Waals surface area contributed by atoms with Gasteiger partial charge in [0.1, 0.15) is 5.82 Å². The maximum absolute atomic E-state index is 12.7. The molecule has 3 rings (SSSR count). The van der Waals surface area contributed by atoms with Crippen molar-refractivity contribution in [3.63, 3.8) is 0 Å². The van der Waals surface area contributed by atoms with Crippen molar-refractivity contribution < 1.29 is 17.9 Å². The Hall–Kier alpha value is -2.49. The molecule has 1 aromatic heterocycles. The number of carbonyl (C=O) groups is 1. The SMILES string of the molecule is CNS(=O)(=O)c1cc(C(=O)Nc2ccc(N3CCOCC3)nc2)cc(C)c1C. The smallest absolute Gasteiger partial charge is 0.255 e. The summed E-state index contributed by atoms with van der Waals surface area (Å²) in [5, 5.41) is 2.77. The average molecular weight is 404 g/mol. The predicted molar refractivity (Wildman–Crippen MR) is 107 cm³/mol. The van der Waals surface area contributed by atoms with Gasteiger partial charge in [0.2, 0.25) is 10.0 Å².